The van der Waals surface area contributed by atoms with E-state index in [0.29, 0.717) is 25.7 Å². The number of esters is 1. The molecule has 3 N–H and O–H groups in total. The number of hydrogen-bond acceptors (Lipinski definition) is 11. The van der Waals surface area contributed by atoms with Crippen LogP contribution >= 0.6 is 8.17 Å². The molecule has 0 bridgehead atoms. The van der Waals surface area contributed by atoms with Crippen LogP contribution in [0.15, 0.2) is 50.9 Å². The molecule has 0 radical (unpaired) electrons. The first-order chi connectivity index (χ1) is 19.9. The normalized spacial score (nSPS) is 22.9. The largest absolute Gasteiger partial charge is 0.575 e. The van der Waals surface area contributed by atoms with Crippen molar-refractivity contribution in [1.82, 2.24) is 9.55 Å². The Hall–Kier alpha value is -3.65. The first-order valence-corrected chi connectivity index (χ1v) is 14.3. The van der Waals surface area contributed by atoms with Gasteiger partial charge in [0.1, 0.15) is 18.8 Å². The molecular weight excluding hydrogens is 580 g/mol. The van der Waals surface area contributed by atoms with Crippen LogP contribution in [0.2, 0.25) is 0 Å². The van der Waals surface area contributed by atoms with Gasteiger partial charge < -0.3 is 29.3 Å². The highest BCUT2D eigenvalue weighted by Crippen LogP contribution is 2.41. The number of benzene rings is 1. The number of alkyl halides is 1. The van der Waals surface area contributed by atoms with Crippen LogP contribution in [0.3, 0.4) is 0 Å². The third-order valence-corrected chi connectivity index (χ3v) is 7.28. The van der Waals surface area contributed by atoms with Crippen molar-refractivity contribution in [2.45, 2.75) is 76.1 Å². The second kappa shape index (κ2) is 15.0. The second-order valence-corrected chi connectivity index (χ2v) is 10.6. The minimum atomic E-state index is -2.74. The number of nitrogens with one attached hydrogen (secondary N) is 1. The zero-order chi connectivity index (χ0) is 30.9. The van der Waals surface area contributed by atoms with Crippen molar-refractivity contribution in [1.29, 1.82) is 0 Å². The molecule has 0 amide bonds. The van der Waals surface area contributed by atoms with E-state index in [-0.39, 0.29) is 31.1 Å². The predicted molar refractivity (Wildman–Crippen MR) is 144 cm³/mol. The summed E-state index contributed by atoms with van der Waals surface area (Å²) in [4.78, 5) is 60.7. The van der Waals surface area contributed by atoms with Crippen molar-refractivity contribution < 1.29 is 47.8 Å². The van der Waals surface area contributed by atoms with Crippen molar-refractivity contribution in [3.63, 3.8) is 0 Å². The molecule has 1 aliphatic heterocycles. The minimum absolute atomic E-state index is 0.00631. The van der Waals surface area contributed by atoms with E-state index in [9.17, 15) is 29.2 Å². The zero-order valence-electron chi connectivity index (χ0n) is 23.0. The lowest BCUT2D eigenvalue weighted by Crippen LogP contribution is -2.43. The summed E-state index contributed by atoms with van der Waals surface area (Å²) in [5.41, 5.74) is -4.01. The molecule has 1 aromatic carbocycles. The summed E-state index contributed by atoms with van der Waals surface area (Å²) in [5, 5.41) is 19.2. The summed E-state index contributed by atoms with van der Waals surface area (Å²) in [5.74, 6) is -1.50. The Balaban J connectivity index is 1.55. The third kappa shape index (κ3) is 8.92. The SMILES string of the molecule is C[C@H](N=[P+]([O-])Oc1ccccc1OC[C@H]1O[C@@H](n2ccc(=O)[nH]c2=O)[C@](C)(F)[C@@H]1O)C(=O)OCCCCCCC(=O)O. The number of halogens is 1. The zero-order valence-corrected chi connectivity index (χ0v) is 23.9. The maximum Gasteiger partial charge on any atom is 0.395 e. The number of para-hydroxylation sites is 2. The van der Waals surface area contributed by atoms with Crippen molar-refractivity contribution in [3.8, 4) is 11.5 Å². The molecule has 1 unspecified atom stereocenters. The monoisotopic (exact) mass is 613 g/mol. The van der Waals surface area contributed by atoms with Gasteiger partial charge >= 0.3 is 25.8 Å². The van der Waals surface area contributed by atoms with Gasteiger partial charge in [-0.25, -0.2) is 14.0 Å². The van der Waals surface area contributed by atoms with Gasteiger partial charge in [-0.15, -0.1) is 0 Å². The fraction of sp³-hybridized carbons (Fsp3) is 0.538. The van der Waals surface area contributed by atoms with Crippen molar-refractivity contribution in [2.75, 3.05) is 13.2 Å². The van der Waals surface area contributed by atoms with E-state index in [4.69, 9.17) is 23.8 Å². The quantitative estimate of drug-likeness (QED) is 0.150. The minimum Gasteiger partial charge on any atom is -0.575 e. The fourth-order valence-corrected chi connectivity index (χ4v) is 4.84. The Bertz CT molecular complexity index is 1380. The van der Waals surface area contributed by atoms with E-state index >= 15 is 4.39 Å². The van der Waals surface area contributed by atoms with Crippen molar-refractivity contribution >= 4 is 20.1 Å². The van der Waals surface area contributed by atoms with Crippen LogP contribution in [-0.4, -0.2) is 68.8 Å². The van der Waals surface area contributed by atoms with Crippen LogP contribution in [0, 0.1) is 0 Å². The summed E-state index contributed by atoms with van der Waals surface area (Å²) < 4.78 is 41.8. The van der Waals surface area contributed by atoms with Gasteiger partial charge in [-0.1, -0.05) is 29.7 Å². The van der Waals surface area contributed by atoms with Crippen LogP contribution < -0.4 is 25.4 Å². The number of hydrogen-bond donors (Lipinski definition) is 3. The number of unbranched alkanes of at least 4 members (excludes halogenated alkanes) is 3. The van der Waals surface area contributed by atoms with E-state index in [1.165, 1.54) is 19.1 Å². The molecule has 0 saturated carbocycles. The number of aromatic nitrogens is 2. The van der Waals surface area contributed by atoms with Gasteiger partial charge in [-0.3, -0.25) is 23.7 Å². The molecule has 0 aliphatic carbocycles. The van der Waals surface area contributed by atoms with Crippen LogP contribution in [0.5, 0.6) is 11.5 Å². The van der Waals surface area contributed by atoms with Gasteiger partial charge in [0.2, 0.25) is 5.75 Å². The van der Waals surface area contributed by atoms with Gasteiger partial charge in [0, 0.05) is 18.7 Å². The van der Waals surface area contributed by atoms with E-state index in [0.717, 1.165) is 23.8 Å². The molecule has 1 saturated heterocycles. The summed E-state index contributed by atoms with van der Waals surface area (Å²) >= 11 is 0. The molecule has 2 aromatic rings. The summed E-state index contributed by atoms with van der Waals surface area (Å²) in [7, 11) is -2.74. The molecule has 0 spiro atoms. The molecular formula is C26H33FN3O11P. The first-order valence-electron chi connectivity index (χ1n) is 13.2. The van der Waals surface area contributed by atoms with Gasteiger partial charge in [-0.05, 0) is 38.8 Å². The number of carbonyl (C=O) groups excluding carboxylic acids is 1. The molecule has 2 heterocycles. The van der Waals surface area contributed by atoms with Gasteiger partial charge in [-0.2, -0.15) is 0 Å². The average Bonchev–Trinajstić information content (AvgIpc) is 3.15. The van der Waals surface area contributed by atoms with Crippen molar-refractivity contribution in [2.24, 2.45) is 4.74 Å². The number of nitrogens with zero attached hydrogens (tertiary/aromatic N) is 2. The highest BCUT2D eigenvalue weighted by molar-refractivity contribution is 7.34. The van der Waals surface area contributed by atoms with Crippen molar-refractivity contribution in [3.05, 3.63) is 57.4 Å². The molecule has 1 fully saturated rings. The van der Waals surface area contributed by atoms with Crippen LogP contribution in [0.25, 0.3) is 0 Å². The van der Waals surface area contributed by atoms with E-state index in [1.807, 2.05) is 4.98 Å². The first kappa shape index (κ1) is 32.9. The lowest BCUT2D eigenvalue weighted by Gasteiger charge is -2.24. The van der Waals surface area contributed by atoms with Crippen LogP contribution in [0.4, 0.5) is 4.39 Å². The van der Waals surface area contributed by atoms with Gasteiger partial charge in [0.15, 0.2) is 23.7 Å². The van der Waals surface area contributed by atoms with E-state index in [2.05, 4.69) is 4.74 Å². The Morgan fingerprint density at radius 3 is 2.60 bits per heavy atom. The smallest absolute Gasteiger partial charge is 0.395 e. The topological polar surface area (TPSA) is 202 Å². The Kier molecular flexibility index (Phi) is 11.7. The van der Waals surface area contributed by atoms with Crippen LogP contribution in [0.1, 0.15) is 52.2 Å². The number of rotatable bonds is 15. The molecule has 1 aromatic heterocycles. The molecule has 14 nitrogen and oxygen atoms in total. The van der Waals surface area contributed by atoms with Gasteiger partial charge in [0.25, 0.3) is 5.56 Å². The number of carboxylic acids is 1. The van der Waals surface area contributed by atoms with Gasteiger partial charge in [0.05, 0.1) is 6.61 Å². The highest BCUT2D eigenvalue weighted by atomic mass is 31.1. The number of aliphatic hydroxyl groups excluding tert-OH is 1. The lowest BCUT2D eigenvalue weighted by molar-refractivity contribution is -0.169. The standard InChI is InChI=1S/C26H33FN3O11P/c1-16(23(35)38-14-8-4-3-5-11-21(32)33)29-42(37)41-18-10-7-6-9-17(18)39-15-19-22(34)26(2,27)24(40-19)30-13-12-20(31)28-25(30)36/h6-7,9-10,12-13,16,19,22,24,34H,3-5,8,11,14-15H2,1-2H3,(H,32,33)(H,28,31,36)/t16-,19+,22+,24+,26+/m0/s1. The summed E-state index contributed by atoms with van der Waals surface area (Å²) in [6.07, 6.45) is -0.867. The molecule has 42 heavy (non-hydrogen) atoms. The molecule has 3 rings (SSSR count). The average molecular weight is 614 g/mol. The Morgan fingerprint density at radius 2 is 1.90 bits per heavy atom. The summed E-state index contributed by atoms with van der Waals surface area (Å²) in [6.45, 7) is 2.18. The molecule has 6 atom stereocenters. The lowest BCUT2D eigenvalue weighted by atomic mass is 9.98. The van der Waals surface area contributed by atoms with E-state index in [1.54, 1.807) is 12.1 Å². The number of aliphatic carboxylic acids is 1. The van der Waals surface area contributed by atoms with E-state index < -0.39 is 61.5 Å². The Morgan fingerprint density at radius 1 is 1.21 bits per heavy atom. The Labute approximate surface area is 240 Å². The maximum atomic E-state index is 15.4. The number of aromatic amines is 1. The molecule has 1 aliphatic rings. The maximum absolute atomic E-state index is 15.4. The number of carbonyl (C=O) groups is 2. The third-order valence-electron chi connectivity index (χ3n) is 6.39. The number of carboxylic acid groups (broad SMARTS) is 1. The number of aliphatic hydroxyl groups is 1. The highest BCUT2D eigenvalue weighted by Gasteiger charge is 2.55. The number of ether oxygens (including phenoxy) is 3. The fourth-order valence-electron chi connectivity index (χ4n) is 4.10. The second-order valence-electron chi connectivity index (χ2n) is 9.74. The van der Waals surface area contributed by atoms with Crippen LogP contribution in [-0.2, 0) is 19.1 Å². The molecule has 16 heteroatoms. The predicted octanol–water partition coefficient (Wildman–Crippen LogP) is 1.80. The number of H-pyrrole nitrogens is 1. The molecule has 230 valence electrons. The summed E-state index contributed by atoms with van der Waals surface area (Å²) in [6, 6.07) is 5.97.